The number of furan rings is 1. The Kier molecular flexibility index (Phi) is 5.81. The molecule has 1 aromatic carbocycles. The molecule has 2 amide bonds. The van der Waals surface area contributed by atoms with Crippen LogP contribution in [-0.4, -0.2) is 35.8 Å². The molecular formula is C19H19ClN2O5. The van der Waals surface area contributed by atoms with Gasteiger partial charge in [-0.2, -0.15) is 0 Å². The van der Waals surface area contributed by atoms with E-state index in [1.807, 2.05) is 0 Å². The minimum atomic E-state index is -0.590. The third-order valence-electron chi connectivity index (χ3n) is 4.36. The van der Waals surface area contributed by atoms with Gasteiger partial charge in [-0.3, -0.25) is 14.4 Å². The molecule has 0 saturated carbocycles. The van der Waals surface area contributed by atoms with Crippen LogP contribution in [0.1, 0.15) is 17.7 Å². The lowest BCUT2D eigenvalue weighted by molar-refractivity contribution is -0.151. The Morgan fingerprint density at radius 3 is 2.89 bits per heavy atom. The van der Waals surface area contributed by atoms with Crippen LogP contribution in [0.25, 0.3) is 0 Å². The first kappa shape index (κ1) is 19.0. The highest BCUT2D eigenvalue weighted by atomic mass is 35.5. The fourth-order valence-electron chi connectivity index (χ4n) is 2.86. The minimum Gasteiger partial charge on any atom is -0.467 e. The van der Waals surface area contributed by atoms with Gasteiger partial charge in [-0.15, -0.1) is 0 Å². The van der Waals surface area contributed by atoms with Crippen LogP contribution in [0.15, 0.2) is 41.0 Å². The predicted octanol–water partition coefficient (Wildman–Crippen LogP) is 2.77. The van der Waals surface area contributed by atoms with E-state index in [1.165, 1.54) is 6.26 Å². The van der Waals surface area contributed by atoms with Crippen LogP contribution in [0.2, 0.25) is 5.02 Å². The molecule has 8 heteroatoms. The Morgan fingerprint density at radius 2 is 2.15 bits per heavy atom. The lowest BCUT2D eigenvalue weighted by Crippen LogP contribution is -2.28. The highest BCUT2D eigenvalue weighted by Gasteiger charge is 2.35. The summed E-state index contributed by atoms with van der Waals surface area (Å²) in [6, 6.07) is 8.65. The van der Waals surface area contributed by atoms with E-state index in [9.17, 15) is 14.4 Å². The largest absolute Gasteiger partial charge is 0.467 e. The zero-order chi connectivity index (χ0) is 19.4. The smallest absolute Gasteiger partial charge is 0.311 e. The third-order valence-corrected chi connectivity index (χ3v) is 4.77. The Labute approximate surface area is 161 Å². The topological polar surface area (TPSA) is 88.8 Å². The van der Waals surface area contributed by atoms with Crippen molar-refractivity contribution in [3.05, 3.63) is 52.9 Å². The monoisotopic (exact) mass is 390 g/mol. The van der Waals surface area contributed by atoms with E-state index < -0.39 is 24.4 Å². The highest BCUT2D eigenvalue weighted by Crippen LogP contribution is 2.23. The number of anilines is 1. The van der Waals surface area contributed by atoms with Crippen LogP contribution >= 0.6 is 11.6 Å². The van der Waals surface area contributed by atoms with Gasteiger partial charge < -0.3 is 19.4 Å². The maximum Gasteiger partial charge on any atom is 0.311 e. The Bertz CT molecular complexity index is 850. The summed E-state index contributed by atoms with van der Waals surface area (Å²) in [6.45, 7) is 1.91. The first-order chi connectivity index (χ1) is 12.9. The number of hydrogen-bond donors (Lipinski definition) is 1. The van der Waals surface area contributed by atoms with Gasteiger partial charge in [0.05, 0.1) is 18.7 Å². The molecule has 1 atom stereocenters. The number of ether oxygens (including phenoxy) is 1. The second-order valence-corrected chi connectivity index (χ2v) is 6.73. The fraction of sp³-hybridized carbons (Fsp3) is 0.316. The van der Waals surface area contributed by atoms with E-state index in [-0.39, 0.29) is 18.9 Å². The number of halogens is 1. The SMILES string of the molecule is Cc1c(Cl)cccc1NC(=O)COC(=O)[C@@H]1CC(=O)N(Cc2ccco2)C1. The Hall–Kier alpha value is -2.80. The number of hydrogen-bond acceptors (Lipinski definition) is 5. The second kappa shape index (κ2) is 8.26. The number of carbonyl (C=O) groups is 3. The molecule has 1 fully saturated rings. The van der Waals surface area contributed by atoms with Crippen LogP contribution in [0.5, 0.6) is 0 Å². The van der Waals surface area contributed by atoms with Gasteiger partial charge in [0.1, 0.15) is 5.76 Å². The van der Waals surface area contributed by atoms with E-state index in [4.69, 9.17) is 20.8 Å². The molecule has 27 heavy (non-hydrogen) atoms. The van der Waals surface area contributed by atoms with Crippen molar-refractivity contribution in [2.75, 3.05) is 18.5 Å². The molecule has 1 aliphatic rings. The van der Waals surface area contributed by atoms with E-state index in [1.54, 1.807) is 42.2 Å². The number of amides is 2. The first-order valence-corrected chi connectivity index (χ1v) is 8.83. The number of esters is 1. The normalized spacial score (nSPS) is 16.4. The van der Waals surface area contributed by atoms with Gasteiger partial charge in [0.2, 0.25) is 5.91 Å². The summed E-state index contributed by atoms with van der Waals surface area (Å²) >= 11 is 6.01. The van der Waals surface area contributed by atoms with E-state index >= 15 is 0 Å². The molecule has 0 aliphatic carbocycles. The standard InChI is InChI=1S/C19H19ClN2O5/c1-12-15(20)5-2-6-16(12)21-17(23)11-27-19(25)13-8-18(24)22(9-13)10-14-4-3-7-26-14/h2-7,13H,8-11H2,1H3,(H,21,23)/t13-/m1/s1. The fourth-order valence-corrected chi connectivity index (χ4v) is 3.03. The van der Waals surface area contributed by atoms with Crippen molar-refractivity contribution in [2.24, 2.45) is 5.92 Å². The lowest BCUT2D eigenvalue weighted by atomic mass is 10.1. The molecule has 2 heterocycles. The summed E-state index contributed by atoms with van der Waals surface area (Å²) < 4.78 is 10.3. The molecule has 2 aromatic rings. The van der Waals surface area contributed by atoms with Gasteiger partial charge in [0, 0.05) is 23.7 Å². The van der Waals surface area contributed by atoms with E-state index in [0.29, 0.717) is 23.0 Å². The van der Waals surface area contributed by atoms with Gasteiger partial charge >= 0.3 is 5.97 Å². The summed E-state index contributed by atoms with van der Waals surface area (Å²) in [7, 11) is 0. The maximum atomic E-state index is 12.2. The minimum absolute atomic E-state index is 0.0640. The Morgan fingerprint density at radius 1 is 1.33 bits per heavy atom. The lowest BCUT2D eigenvalue weighted by Gasteiger charge is -2.15. The average Bonchev–Trinajstić information content (AvgIpc) is 3.27. The van der Waals surface area contributed by atoms with Crippen LogP contribution in [0.4, 0.5) is 5.69 Å². The molecule has 7 nitrogen and oxygen atoms in total. The van der Waals surface area contributed by atoms with Crippen LogP contribution in [0, 0.1) is 12.8 Å². The number of carbonyl (C=O) groups excluding carboxylic acids is 3. The number of benzene rings is 1. The summed E-state index contributed by atoms with van der Waals surface area (Å²) in [5, 5.41) is 3.19. The molecule has 142 valence electrons. The first-order valence-electron chi connectivity index (χ1n) is 8.46. The number of nitrogens with zero attached hydrogens (tertiary/aromatic N) is 1. The number of nitrogens with one attached hydrogen (secondary N) is 1. The summed E-state index contributed by atoms with van der Waals surface area (Å²) in [5.74, 6) is -1.12. The number of likely N-dealkylation sites (tertiary alicyclic amines) is 1. The molecule has 3 rings (SSSR count). The van der Waals surface area contributed by atoms with Crippen LogP contribution < -0.4 is 5.32 Å². The van der Waals surface area contributed by atoms with Crippen molar-refractivity contribution >= 4 is 35.1 Å². The van der Waals surface area contributed by atoms with E-state index in [0.717, 1.165) is 5.56 Å². The number of rotatable bonds is 6. The van der Waals surface area contributed by atoms with Crippen molar-refractivity contribution in [3.8, 4) is 0 Å². The summed E-state index contributed by atoms with van der Waals surface area (Å²) in [4.78, 5) is 37.8. The molecular weight excluding hydrogens is 372 g/mol. The van der Waals surface area contributed by atoms with Crippen molar-refractivity contribution in [1.29, 1.82) is 0 Å². The maximum absolute atomic E-state index is 12.2. The van der Waals surface area contributed by atoms with Gasteiger partial charge in [-0.05, 0) is 36.8 Å². The Balaban J connectivity index is 1.48. The van der Waals surface area contributed by atoms with Crippen molar-refractivity contribution in [2.45, 2.75) is 19.9 Å². The molecule has 0 bridgehead atoms. The van der Waals surface area contributed by atoms with Crippen molar-refractivity contribution in [1.82, 2.24) is 4.90 Å². The molecule has 1 saturated heterocycles. The zero-order valence-corrected chi connectivity index (χ0v) is 15.5. The molecule has 0 unspecified atom stereocenters. The van der Waals surface area contributed by atoms with Crippen LogP contribution in [-0.2, 0) is 25.7 Å². The molecule has 0 spiro atoms. The average molecular weight is 391 g/mol. The van der Waals surface area contributed by atoms with Gasteiger partial charge in [-0.1, -0.05) is 17.7 Å². The van der Waals surface area contributed by atoms with Crippen molar-refractivity contribution in [3.63, 3.8) is 0 Å². The molecule has 1 N–H and O–H groups in total. The zero-order valence-electron chi connectivity index (χ0n) is 14.7. The van der Waals surface area contributed by atoms with Crippen LogP contribution in [0.3, 0.4) is 0 Å². The second-order valence-electron chi connectivity index (χ2n) is 6.32. The van der Waals surface area contributed by atoms with Gasteiger partial charge in [0.25, 0.3) is 5.91 Å². The quantitative estimate of drug-likeness (QED) is 0.766. The highest BCUT2D eigenvalue weighted by molar-refractivity contribution is 6.31. The predicted molar refractivity (Wildman–Crippen MR) is 98.0 cm³/mol. The summed E-state index contributed by atoms with van der Waals surface area (Å²) in [6.07, 6.45) is 1.59. The third kappa shape index (κ3) is 4.68. The molecule has 0 radical (unpaired) electrons. The summed E-state index contributed by atoms with van der Waals surface area (Å²) in [5.41, 5.74) is 1.29. The van der Waals surface area contributed by atoms with Gasteiger partial charge in [-0.25, -0.2) is 0 Å². The van der Waals surface area contributed by atoms with Crippen molar-refractivity contribution < 1.29 is 23.5 Å². The van der Waals surface area contributed by atoms with E-state index in [2.05, 4.69) is 5.32 Å². The van der Waals surface area contributed by atoms with Gasteiger partial charge in [0.15, 0.2) is 6.61 Å². The molecule has 1 aromatic heterocycles. The molecule has 1 aliphatic heterocycles.